The fourth-order valence-electron chi connectivity index (χ4n) is 3.19. The van der Waals surface area contributed by atoms with Gasteiger partial charge in [-0.2, -0.15) is 5.26 Å². The molecule has 22 heavy (non-hydrogen) atoms. The van der Waals surface area contributed by atoms with Crippen molar-refractivity contribution in [3.63, 3.8) is 0 Å². The fraction of sp³-hybridized carbons (Fsp3) is 0.882. The second kappa shape index (κ2) is 6.97. The Morgan fingerprint density at radius 3 is 2.32 bits per heavy atom. The molecule has 126 valence electrons. The third-order valence-electron chi connectivity index (χ3n) is 4.94. The van der Waals surface area contributed by atoms with Crippen molar-refractivity contribution >= 4 is 5.91 Å². The van der Waals surface area contributed by atoms with Gasteiger partial charge in [0, 0.05) is 13.6 Å². The molecule has 0 heterocycles. The summed E-state index contributed by atoms with van der Waals surface area (Å²) in [6.45, 7) is 7.89. The number of carbonyl (C=O) groups is 1. The van der Waals surface area contributed by atoms with E-state index in [9.17, 15) is 15.2 Å². The minimum atomic E-state index is -0.852. The van der Waals surface area contributed by atoms with Crippen LogP contribution >= 0.6 is 0 Å². The molecule has 0 aromatic rings. The Morgan fingerprint density at radius 1 is 1.41 bits per heavy atom. The lowest BCUT2D eigenvalue weighted by Crippen LogP contribution is -2.56. The fourth-order valence-corrected chi connectivity index (χ4v) is 3.19. The zero-order chi connectivity index (χ0) is 17.1. The smallest absolute Gasteiger partial charge is 0.240 e. The second-order valence-corrected chi connectivity index (χ2v) is 7.63. The van der Waals surface area contributed by atoms with E-state index in [-0.39, 0.29) is 11.9 Å². The van der Waals surface area contributed by atoms with Crippen molar-refractivity contribution in [2.24, 2.45) is 5.92 Å². The minimum absolute atomic E-state index is 0.0529. The summed E-state index contributed by atoms with van der Waals surface area (Å²) in [6.07, 6.45) is 3.46. The summed E-state index contributed by atoms with van der Waals surface area (Å²) in [4.78, 5) is 16.3. The van der Waals surface area contributed by atoms with E-state index in [1.165, 1.54) is 0 Å². The van der Waals surface area contributed by atoms with Crippen LogP contribution in [0, 0.1) is 17.2 Å². The van der Waals surface area contributed by atoms with Crippen LogP contribution in [0.4, 0.5) is 0 Å². The van der Waals surface area contributed by atoms with Gasteiger partial charge in [0.05, 0.1) is 17.7 Å². The monoisotopic (exact) mass is 309 g/mol. The molecule has 1 aliphatic rings. The number of rotatable bonds is 5. The molecule has 0 saturated heterocycles. The molecule has 0 spiro atoms. The number of hydrogen-bond donors (Lipinski definition) is 1. The molecule has 0 radical (unpaired) electrons. The molecule has 0 aromatic carbocycles. The van der Waals surface area contributed by atoms with Crippen LogP contribution in [0.3, 0.4) is 0 Å². The van der Waals surface area contributed by atoms with Crippen LogP contribution in [0.25, 0.3) is 0 Å². The van der Waals surface area contributed by atoms with Gasteiger partial charge in [-0.05, 0) is 59.4 Å². The van der Waals surface area contributed by atoms with Crippen molar-refractivity contribution in [1.29, 1.82) is 5.26 Å². The number of nitrogens with zero attached hydrogens (tertiary/aromatic N) is 3. The van der Waals surface area contributed by atoms with Gasteiger partial charge in [0.15, 0.2) is 0 Å². The quantitative estimate of drug-likeness (QED) is 0.843. The van der Waals surface area contributed by atoms with E-state index in [2.05, 4.69) is 13.0 Å². The first-order chi connectivity index (χ1) is 10.0. The molecule has 1 aliphatic carbocycles. The number of amides is 1. The molecular formula is C17H31N3O2. The van der Waals surface area contributed by atoms with Crippen molar-refractivity contribution in [2.45, 2.75) is 70.6 Å². The highest BCUT2D eigenvalue weighted by atomic mass is 16.3. The summed E-state index contributed by atoms with van der Waals surface area (Å²) < 4.78 is 0. The summed E-state index contributed by atoms with van der Waals surface area (Å²) in [7, 11) is 3.58. The van der Waals surface area contributed by atoms with Crippen molar-refractivity contribution < 1.29 is 9.90 Å². The zero-order valence-electron chi connectivity index (χ0n) is 14.9. The lowest BCUT2D eigenvalue weighted by Gasteiger charge is -2.43. The predicted octanol–water partition coefficient (Wildman–Crippen LogP) is 2.01. The predicted molar refractivity (Wildman–Crippen MR) is 87.1 cm³/mol. The average molecular weight is 309 g/mol. The van der Waals surface area contributed by atoms with Crippen molar-refractivity contribution in [3.05, 3.63) is 0 Å². The van der Waals surface area contributed by atoms with Crippen molar-refractivity contribution in [1.82, 2.24) is 9.80 Å². The molecule has 1 unspecified atom stereocenters. The maximum Gasteiger partial charge on any atom is 0.240 e. The number of aliphatic hydroxyl groups is 1. The topological polar surface area (TPSA) is 67.6 Å². The minimum Gasteiger partial charge on any atom is -0.389 e. The van der Waals surface area contributed by atoms with E-state index in [1.807, 2.05) is 18.9 Å². The summed E-state index contributed by atoms with van der Waals surface area (Å²) in [6, 6.07) is 2.04. The number of carbonyl (C=O) groups excluding carboxylic acids is 1. The molecule has 0 aromatic heterocycles. The Hall–Kier alpha value is -1.12. The van der Waals surface area contributed by atoms with Gasteiger partial charge in [0.2, 0.25) is 5.91 Å². The molecular weight excluding hydrogens is 278 g/mol. The maximum absolute atomic E-state index is 12.8. The Bertz CT molecular complexity index is 428. The molecule has 5 heteroatoms. The third-order valence-corrected chi connectivity index (χ3v) is 4.94. The first kappa shape index (κ1) is 18.9. The highest BCUT2D eigenvalue weighted by Crippen LogP contribution is 2.35. The van der Waals surface area contributed by atoms with Crippen molar-refractivity contribution in [3.8, 4) is 6.07 Å². The normalized spacial score (nSPS) is 27.3. The van der Waals surface area contributed by atoms with Crippen LogP contribution in [0.2, 0.25) is 0 Å². The van der Waals surface area contributed by atoms with E-state index in [0.29, 0.717) is 12.5 Å². The first-order valence-corrected chi connectivity index (χ1v) is 8.14. The number of hydrogen-bond acceptors (Lipinski definition) is 4. The van der Waals surface area contributed by atoms with Gasteiger partial charge in [0.25, 0.3) is 0 Å². The molecule has 0 bridgehead atoms. The summed E-state index contributed by atoms with van der Waals surface area (Å²) >= 11 is 0. The van der Waals surface area contributed by atoms with Crippen LogP contribution in [0.15, 0.2) is 0 Å². The Balaban J connectivity index is 2.80. The van der Waals surface area contributed by atoms with E-state index in [0.717, 1.165) is 25.7 Å². The molecule has 5 nitrogen and oxygen atoms in total. The SMILES string of the molecule is CC1CCC(C#N)(N(C)C(=O)C(C)N(C)CC(C)(C)O)CC1. The van der Waals surface area contributed by atoms with Crippen LogP contribution < -0.4 is 0 Å². The Kier molecular flexibility index (Phi) is 6.00. The van der Waals surface area contributed by atoms with E-state index >= 15 is 0 Å². The molecule has 0 aliphatic heterocycles. The Labute approximate surface area is 134 Å². The molecule has 1 fully saturated rings. The molecule has 1 amide bonds. The van der Waals surface area contributed by atoms with Gasteiger partial charge in [0.1, 0.15) is 5.54 Å². The zero-order valence-corrected chi connectivity index (χ0v) is 14.9. The number of likely N-dealkylation sites (N-methyl/N-ethyl adjacent to an activating group) is 2. The molecule has 1 saturated carbocycles. The average Bonchev–Trinajstić information content (AvgIpc) is 2.44. The Morgan fingerprint density at radius 2 is 1.91 bits per heavy atom. The highest BCUT2D eigenvalue weighted by Gasteiger charge is 2.42. The number of nitriles is 1. The first-order valence-electron chi connectivity index (χ1n) is 8.14. The van der Waals surface area contributed by atoms with Crippen molar-refractivity contribution in [2.75, 3.05) is 20.6 Å². The van der Waals surface area contributed by atoms with E-state index < -0.39 is 11.1 Å². The summed E-state index contributed by atoms with van der Waals surface area (Å²) in [5.74, 6) is 0.572. The third kappa shape index (κ3) is 4.44. The maximum atomic E-state index is 12.8. The molecule has 1 rings (SSSR count). The van der Waals surface area contributed by atoms with Gasteiger partial charge in [-0.25, -0.2) is 0 Å². The van der Waals surface area contributed by atoms with Crippen LogP contribution in [0.5, 0.6) is 0 Å². The second-order valence-electron chi connectivity index (χ2n) is 7.63. The van der Waals surface area contributed by atoms with Crippen LogP contribution in [-0.2, 0) is 4.79 Å². The lowest BCUT2D eigenvalue weighted by molar-refractivity contribution is -0.140. The van der Waals surface area contributed by atoms with Crippen LogP contribution in [0.1, 0.15) is 53.4 Å². The lowest BCUT2D eigenvalue weighted by atomic mass is 9.77. The highest BCUT2D eigenvalue weighted by molar-refractivity contribution is 5.82. The largest absolute Gasteiger partial charge is 0.389 e. The van der Waals surface area contributed by atoms with Gasteiger partial charge in [-0.3, -0.25) is 9.69 Å². The van der Waals surface area contributed by atoms with E-state index in [4.69, 9.17) is 0 Å². The summed E-state index contributed by atoms with van der Waals surface area (Å²) in [5, 5.41) is 19.6. The van der Waals surface area contributed by atoms with Gasteiger partial charge in [-0.15, -0.1) is 0 Å². The summed E-state index contributed by atoms with van der Waals surface area (Å²) in [5.41, 5.74) is -1.53. The van der Waals surface area contributed by atoms with Crippen LogP contribution in [-0.4, -0.2) is 58.6 Å². The van der Waals surface area contributed by atoms with Gasteiger partial charge >= 0.3 is 0 Å². The van der Waals surface area contributed by atoms with Gasteiger partial charge < -0.3 is 10.0 Å². The molecule has 1 atom stereocenters. The van der Waals surface area contributed by atoms with E-state index in [1.54, 1.807) is 25.8 Å². The molecule has 1 N–H and O–H groups in total. The van der Waals surface area contributed by atoms with Gasteiger partial charge in [-0.1, -0.05) is 6.92 Å². The standard InChI is InChI=1S/C17H31N3O2/c1-13-7-9-17(11-18,10-8-13)20(6)15(21)14(2)19(5)12-16(3,4)22/h13-14,22H,7-10,12H2,1-6H3.